The Hall–Kier alpha value is -3.12. The van der Waals surface area contributed by atoms with Gasteiger partial charge in [0.15, 0.2) is 6.23 Å². The SMILES string of the molecule is CC1=CCn2c(=O)n(-c3ccccc3)c(=O)n2[C@H]1O[C@@H]1C[C@H](C)CC[C@H]1C(C)(C)c1ccccc1. The van der Waals surface area contributed by atoms with Crippen LogP contribution in [-0.2, 0) is 16.7 Å². The van der Waals surface area contributed by atoms with Crippen LogP contribution in [0.25, 0.3) is 5.69 Å². The molecule has 0 bridgehead atoms. The first-order chi connectivity index (χ1) is 16.8. The number of para-hydroxylation sites is 1. The molecular formula is C29H35N3O3. The van der Waals surface area contributed by atoms with Gasteiger partial charge in [-0.25, -0.2) is 18.8 Å². The van der Waals surface area contributed by atoms with E-state index < -0.39 is 6.23 Å². The van der Waals surface area contributed by atoms with E-state index >= 15 is 0 Å². The summed E-state index contributed by atoms with van der Waals surface area (Å²) in [6.45, 7) is 9.24. The molecule has 1 aromatic heterocycles. The second-order valence-corrected chi connectivity index (χ2v) is 10.8. The predicted octanol–water partition coefficient (Wildman–Crippen LogP) is 5.06. The molecular weight excluding hydrogens is 438 g/mol. The summed E-state index contributed by atoms with van der Waals surface area (Å²) < 4.78 is 11.2. The summed E-state index contributed by atoms with van der Waals surface area (Å²) in [6, 6.07) is 19.7. The number of hydrogen-bond acceptors (Lipinski definition) is 3. The smallest absolute Gasteiger partial charge is 0.349 e. The average molecular weight is 474 g/mol. The summed E-state index contributed by atoms with van der Waals surface area (Å²) in [5.74, 6) is 0.839. The maximum Gasteiger partial charge on any atom is 0.354 e. The summed E-state index contributed by atoms with van der Waals surface area (Å²) in [4.78, 5) is 26.9. The molecule has 1 aliphatic carbocycles. The van der Waals surface area contributed by atoms with Gasteiger partial charge in [0.25, 0.3) is 0 Å². The first-order valence-corrected chi connectivity index (χ1v) is 12.7. The Balaban J connectivity index is 1.54. The zero-order valence-electron chi connectivity index (χ0n) is 21.1. The van der Waals surface area contributed by atoms with Crippen LogP contribution in [0, 0.1) is 11.8 Å². The average Bonchev–Trinajstić information content (AvgIpc) is 3.11. The molecule has 35 heavy (non-hydrogen) atoms. The quantitative estimate of drug-likeness (QED) is 0.487. The molecule has 0 spiro atoms. The molecule has 0 unspecified atom stereocenters. The monoisotopic (exact) mass is 473 g/mol. The molecule has 6 heteroatoms. The second kappa shape index (κ2) is 9.15. The highest BCUT2D eigenvalue weighted by Gasteiger charge is 2.42. The molecule has 1 fully saturated rings. The van der Waals surface area contributed by atoms with Gasteiger partial charge in [-0.05, 0) is 60.3 Å². The van der Waals surface area contributed by atoms with Gasteiger partial charge in [-0.3, -0.25) is 0 Å². The van der Waals surface area contributed by atoms with Gasteiger partial charge < -0.3 is 4.74 Å². The van der Waals surface area contributed by atoms with E-state index in [1.165, 1.54) is 19.5 Å². The maximum atomic E-state index is 13.6. The van der Waals surface area contributed by atoms with E-state index in [1.54, 1.807) is 12.1 Å². The van der Waals surface area contributed by atoms with Crippen molar-refractivity contribution >= 4 is 0 Å². The molecule has 2 heterocycles. The van der Waals surface area contributed by atoms with Crippen LogP contribution in [0.4, 0.5) is 0 Å². The van der Waals surface area contributed by atoms with Crippen LogP contribution in [0.2, 0.25) is 0 Å². The van der Waals surface area contributed by atoms with Gasteiger partial charge >= 0.3 is 11.4 Å². The lowest BCUT2D eigenvalue weighted by Crippen LogP contribution is -2.45. The van der Waals surface area contributed by atoms with E-state index in [9.17, 15) is 9.59 Å². The van der Waals surface area contributed by atoms with Crippen molar-refractivity contribution in [1.29, 1.82) is 0 Å². The van der Waals surface area contributed by atoms with Crippen LogP contribution in [0.1, 0.15) is 58.7 Å². The van der Waals surface area contributed by atoms with Crippen molar-refractivity contribution in [1.82, 2.24) is 13.9 Å². The number of rotatable bonds is 5. The van der Waals surface area contributed by atoms with Gasteiger partial charge in [-0.2, -0.15) is 4.68 Å². The first kappa shape index (κ1) is 23.6. The Labute approximate surface area is 206 Å². The van der Waals surface area contributed by atoms with Crippen molar-refractivity contribution in [2.24, 2.45) is 11.8 Å². The Morgan fingerprint density at radius 1 is 0.914 bits per heavy atom. The van der Waals surface area contributed by atoms with Crippen LogP contribution in [0.15, 0.2) is 81.9 Å². The molecule has 0 radical (unpaired) electrons. The Bertz CT molecular complexity index is 1330. The standard InChI is InChI=1S/C29H35N3O3/c1-20-15-16-24(29(3,4)22-11-7-5-8-12-22)25(19-20)35-26-21(2)17-18-30-27(33)31(28(34)32(26)30)23-13-9-6-10-14-23/h5-14,17,20,24-26H,15-16,18-19H2,1-4H3/t20-,24-,25-,26+/m1/s1. The summed E-state index contributed by atoms with van der Waals surface area (Å²) in [5, 5.41) is 0. The lowest BCUT2D eigenvalue weighted by atomic mass is 9.64. The van der Waals surface area contributed by atoms with Crippen molar-refractivity contribution in [2.75, 3.05) is 0 Å². The van der Waals surface area contributed by atoms with Crippen molar-refractivity contribution in [3.8, 4) is 5.69 Å². The number of nitrogens with zero attached hydrogens (tertiary/aromatic N) is 3. The molecule has 2 aromatic carbocycles. The zero-order chi connectivity index (χ0) is 24.7. The summed E-state index contributed by atoms with van der Waals surface area (Å²) >= 11 is 0. The van der Waals surface area contributed by atoms with Gasteiger partial charge in [0.1, 0.15) is 0 Å². The third-order valence-corrected chi connectivity index (χ3v) is 8.07. The van der Waals surface area contributed by atoms with E-state index in [2.05, 4.69) is 51.1 Å². The Morgan fingerprint density at radius 2 is 1.57 bits per heavy atom. The van der Waals surface area contributed by atoms with Crippen molar-refractivity contribution < 1.29 is 4.74 Å². The minimum absolute atomic E-state index is 0.0315. The maximum absolute atomic E-state index is 13.6. The minimum Gasteiger partial charge on any atom is -0.349 e. The summed E-state index contributed by atoms with van der Waals surface area (Å²) in [6.07, 6.45) is 4.54. The molecule has 3 aromatic rings. The molecule has 0 N–H and O–H groups in total. The van der Waals surface area contributed by atoms with E-state index in [4.69, 9.17) is 4.74 Å². The van der Waals surface area contributed by atoms with Gasteiger partial charge in [0, 0.05) is 0 Å². The molecule has 1 saturated carbocycles. The molecule has 0 amide bonds. The van der Waals surface area contributed by atoms with Crippen LogP contribution in [0.5, 0.6) is 0 Å². The first-order valence-electron chi connectivity index (χ1n) is 12.7. The van der Waals surface area contributed by atoms with E-state index in [0.717, 1.165) is 24.8 Å². The highest BCUT2D eigenvalue weighted by atomic mass is 16.5. The highest BCUT2D eigenvalue weighted by molar-refractivity contribution is 5.31. The third-order valence-electron chi connectivity index (χ3n) is 8.07. The number of benzene rings is 2. The number of ether oxygens (including phenoxy) is 1. The molecule has 184 valence electrons. The van der Waals surface area contributed by atoms with Gasteiger partial charge in [-0.15, -0.1) is 0 Å². The number of allylic oxidation sites excluding steroid dienone is 1. The Kier molecular flexibility index (Phi) is 6.18. The topological polar surface area (TPSA) is 58.2 Å². The van der Waals surface area contributed by atoms with Crippen molar-refractivity contribution in [3.05, 3.63) is 98.8 Å². The van der Waals surface area contributed by atoms with E-state index in [0.29, 0.717) is 24.1 Å². The second-order valence-electron chi connectivity index (χ2n) is 10.8. The van der Waals surface area contributed by atoms with E-state index in [1.807, 2.05) is 31.2 Å². The number of aromatic nitrogens is 3. The zero-order valence-corrected chi connectivity index (χ0v) is 21.1. The fourth-order valence-corrected chi connectivity index (χ4v) is 5.93. The molecule has 0 saturated heterocycles. The van der Waals surface area contributed by atoms with Crippen LogP contribution in [-0.4, -0.2) is 20.0 Å². The molecule has 5 rings (SSSR count). The van der Waals surface area contributed by atoms with Crippen molar-refractivity contribution in [2.45, 2.75) is 71.2 Å². The largest absolute Gasteiger partial charge is 0.354 e. The van der Waals surface area contributed by atoms with E-state index in [-0.39, 0.29) is 22.9 Å². The number of fused-ring (bicyclic) bond motifs is 1. The summed E-state index contributed by atoms with van der Waals surface area (Å²) in [7, 11) is 0. The summed E-state index contributed by atoms with van der Waals surface area (Å²) in [5.41, 5.74) is 2.06. The molecule has 4 atom stereocenters. The van der Waals surface area contributed by atoms with Gasteiger partial charge in [0.2, 0.25) is 0 Å². The van der Waals surface area contributed by atoms with Crippen LogP contribution >= 0.6 is 0 Å². The Morgan fingerprint density at radius 3 is 2.26 bits per heavy atom. The highest BCUT2D eigenvalue weighted by Crippen LogP contribution is 2.45. The fraction of sp³-hybridized carbons (Fsp3) is 0.448. The molecule has 2 aliphatic rings. The fourth-order valence-electron chi connectivity index (χ4n) is 5.93. The van der Waals surface area contributed by atoms with Gasteiger partial charge in [-0.1, -0.05) is 81.8 Å². The third kappa shape index (κ3) is 4.14. The van der Waals surface area contributed by atoms with Crippen LogP contribution < -0.4 is 11.4 Å². The van der Waals surface area contributed by atoms with Crippen molar-refractivity contribution in [3.63, 3.8) is 0 Å². The molecule has 1 aliphatic heterocycles. The minimum atomic E-state index is -0.599. The lowest BCUT2D eigenvalue weighted by Gasteiger charge is -2.45. The molecule has 6 nitrogen and oxygen atoms in total. The predicted molar refractivity (Wildman–Crippen MR) is 138 cm³/mol. The normalized spacial score (nSPS) is 24.6. The lowest BCUT2D eigenvalue weighted by molar-refractivity contribution is -0.110. The van der Waals surface area contributed by atoms with Crippen LogP contribution in [0.3, 0.4) is 0 Å². The van der Waals surface area contributed by atoms with Gasteiger partial charge in [0.05, 0.1) is 18.3 Å². The number of hydrogen-bond donors (Lipinski definition) is 0.